The standard InChI is InChI=1S/C23H16N4O10S4/c28-18-16(20(30)26(22(38)24-18)12-4-8-14(9-5-12)40-37-36-32)2-1-3-17-19(29)25-23(39)27(21(17)31)13-6-10-15(11-7-13)41(33,34)35/h1-11,31-32H,(H,24,28,38)(H,25,29,39)(H,33,34,35). The second-order valence-corrected chi connectivity index (χ2v) is 10.8. The molecule has 1 aliphatic rings. The van der Waals surface area contributed by atoms with Crippen LogP contribution in [0.5, 0.6) is 5.88 Å². The van der Waals surface area contributed by atoms with Gasteiger partial charge in [0, 0.05) is 4.90 Å². The van der Waals surface area contributed by atoms with Crippen molar-refractivity contribution < 1.29 is 42.3 Å². The predicted octanol–water partition coefficient (Wildman–Crippen LogP) is 2.66. The van der Waals surface area contributed by atoms with Gasteiger partial charge in [-0.3, -0.25) is 38.7 Å². The number of aromatic amines is 1. The molecule has 0 spiro atoms. The van der Waals surface area contributed by atoms with E-state index in [4.69, 9.17) is 29.7 Å². The fraction of sp³-hybridized carbons (Fsp3) is 0. The summed E-state index contributed by atoms with van der Waals surface area (Å²) >= 11 is 11.0. The number of nitrogens with one attached hydrogen (secondary N) is 2. The zero-order valence-corrected chi connectivity index (χ0v) is 23.3. The number of nitrogens with zero attached hydrogens (tertiary/aromatic N) is 2. The number of H-pyrrole nitrogens is 1. The number of carbonyl (C=O) groups is 2. The molecule has 5 N–H and O–H groups in total. The average Bonchev–Trinajstić information content (AvgIpc) is 2.91. The maximum absolute atomic E-state index is 13.2. The summed E-state index contributed by atoms with van der Waals surface area (Å²) in [4.78, 5) is 41.8. The molecular weight excluding hydrogens is 621 g/mol. The van der Waals surface area contributed by atoms with E-state index in [-0.39, 0.29) is 26.7 Å². The Morgan fingerprint density at radius 2 is 1.61 bits per heavy atom. The molecule has 0 bridgehead atoms. The van der Waals surface area contributed by atoms with Crippen molar-refractivity contribution in [3.05, 3.63) is 86.9 Å². The minimum absolute atomic E-state index is 0.162. The minimum Gasteiger partial charge on any atom is -0.494 e. The molecule has 1 aliphatic heterocycles. The summed E-state index contributed by atoms with van der Waals surface area (Å²) in [5, 5.41) is 24.8. The van der Waals surface area contributed by atoms with Crippen molar-refractivity contribution in [2.24, 2.45) is 0 Å². The van der Waals surface area contributed by atoms with Crippen LogP contribution >= 0.6 is 36.5 Å². The van der Waals surface area contributed by atoms with Gasteiger partial charge in [0.15, 0.2) is 9.88 Å². The summed E-state index contributed by atoms with van der Waals surface area (Å²) in [6.45, 7) is 0. The van der Waals surface area contributed by atoms with Crippen LogP contribution < -0.4 is 15.8 Å². The van der Waals surface area contributed by atoms with Crippen LogP contribution in [0.25, 0.3) is 11.8 Å². The summed E-state index contributed by atoms with van der Waals surface area (Å²) in [5.74, 6) is -2.19. The highest BCUT2D eigenvalue weighted by molar-refractivity contribution is 7.94. The zero-order chi connectivity index (χ0) is 29.9. The molecule has 212 valence electrons. The lowest BCUT2D eigenvalue weighted by molar-refractivity contribution is -0.432. The maximum atomic E-state index is 13.2. The monoisotopic (exact) mass is 636 g/mol. The van der Waals surface area contributed by atoms with Gasteiger partial charge in [0.1, 0.15) is 11.1 Å². The van der Waals surface area contributed by atoms with Gasteiger partial charge in [-0.2, -0.15) is 8.42 Å². The number of amides is 2. The number of benzene rings is 2. The molecule has 0 radical (unpaired) electrons. The summed E-state index contributed by atoms with van der Waals surface area (Å²) in [6, 6.07) is 10.7. The van der Waals surface area contributed by atoms with E-state index in [1.165, 1.54) is 42.5 Å². The molecule has 41 heavy (non-hydrogen) atoms. The van der Waals surface area contributed by atoms with Gasteiger partial charge in [-0.25, -0.2) is 5.26 Å². The smallest absolute Gasteiger partial charge is 0.294 e. The van der Waals surface area contributed by atoms with Crippen LogP contribution in [0.15, 0.2) is 80.8 Å². The van der Waals surface area contributed by atoms with Gasteiger partial charge in [0.25, 0.3) is 27.5 Å². The van der Waals surface area contributed by atoms with Crippen LogP contribution in [-0.4, -0.2) is 49.8 Å². The molecule has 0 saturated carbocycles. The van der Waals surface area contributed by atoms with Gasteiger partial charge >= 0.3 is 0 Å². The Labute approximate surface area is 245 Å². The molecule has 1 aromatic heterocycles. The second-order valence-electron chi connectivity index (χ2n) is 7.86. The number of allylic oxidation sites excluding steroid dienone is 2. The molecule has 0 aliphatic carbocycles. The third kappa shape index (κ3) is 6.50. The van der Waals surface area contributed by atoms with Crippen LogP contribution in [-0.2, 0) is 29.1 Å². The Kier molecular flexibility index (Phi) is 8.95. The normalized spacial score (nSPS) is 15.1. The first-order chi connectivity index (χ1) is 19.4. The maximum Gasteiger partial charge on any atom is 0.294 e. The number of carbonyl (C=O) groups excluding carboxylic acids is 2. The average molecular weight is 637 g/mol. The first-order valence-corrected chi connectivity index (χ1v) is 13.9. The Balaban J connectivity index is 1.65. The highest BCUT2D eigenvalue weighted by atomic mass is 32.2. The van der Waals surface area contributed by atoms with E-state index in [9.17, 15) is 32.5 Å². The third-order valence-electron chi connectivity index (χ3n) is 5.40. The lowest BCUT2D eigenvalue weighted by atomic mass is 10.1. The van der Waals surface area contributed by atoms with E-state index in [0.717, 1.165) is 33.8 Å². The van der Waals surface area contributed by atoms with E-state index in [2.05, 4.69) is 19.7 Å². The topological polar surface area (TPSA) is 200 Å². The molecule has 14 nitrogen and oxygen atoms in total. The minimum atomic E-state index is -4.46. The molecule has 4 rings (SSSR count). The fourth-order valence-electron chi connectivity index (χ4n) is 3.55. The molecule has 2 heterocycles. The van der Waals surface area contributed by atoms with Crippen LogP contribution in [0.4, 0.5) is 5.69 Å². The number of aromatic nitrogens is 2. The molecule has 1 saturated heterocycles. The lowest BCUT2D eigenvalue weighted by Crippen LogP contribution is -2.54. The van der Waals surface area contributed by atoms with Crippen molar-refractivity contribution >= 4 is 75.3 Å². The van der Waals surface area contributed by atoms with Gasteiger partial charge in [0.2, 0.25) is 5.88 Å². The van der Waals surface area contributed by atoms with E-state index >= 15 is 0 Å². The van der Waals surface area contributed by atoms with E-state index < -0.39 is 38.3 Å². The Bertz CT molecular complexity index is 1830. The van der Waals surface area contributed by atoms with Gasteiger partial charge in [-0.1, -0.05) is 11.1 Å². The van der Waals surface area contributed by atoms with Crippen LogP contribution in [0.1, 0.15) is 5.56 Å². The molecule has 18 heteroatoms. The molecule has 3 aromatic rings. The second kappa shape index (κ2) is 12.2. The first kappa shape index (κ1) is 30.0. The Morgan fingerprint density at radius 3 is 2.22 bits per heavy atom. The van der Waals surface area contributed by atoms with Gasteiger partial charge < -0.3 is 5.11 Å². The number of rotatable bonds is 8. The molecular formula is C23H16N4O10S4. The molecule has 0 unspecified atom stereocenters. The number of aromatic hydroxyl groups is 1. The highest BCUT2D eigenvalue weighted by Gasteiger charge is 2.34. The summed E-state index contributed by atoms with van der Waals surface area (Å²) < 4.78 is 37.0. The number of hydrogen-bond donors (Lipinski definition) is 5. The van der Waals surface area contributed by atoms with Crippen molar-refractivity contribution in [1.82, 2.24) is 14.9 Å². The first-order valence-electron chi connectivity index (χ1n) is 10.9. The van der Waals surface area contributed by atoms with Crippen molar-refractivity contribution in [1.29, 1.82) is 0 Å². The van der Waals surface area contributed by atoms with Crippen molar-refractivity contribution in [2.75, 3.05) is 4.90 Å². The Morgan fingerprint density at radius 1 is 0.976 bits per heavy atom. The predicted molar refractivity (Wildman–Crippen MR) is 151 cm³/mol. The molecule has 0 atom stereocenters. The number of hydrogen-bond acceptors (Lipinski definition) is 12. The lowest BCUT2D eigenvalue weighted by Gasteiger charge is -2.28. The van der Waals surface area contributed by atoms with Crippen LogP contribution in [0.3, 0.4) is 0 Å². The Hall–Kier alpha value is -4.01. The SMILES string of the molecule is O=C1NC(=S)N(c2ccc(SOOO)cc2)C(=O)C1=CC=Cc1c(O)n(-c2ccc(S(=O)(=O)O)cc2)c(=S)[nH]c1=O. The summed E-state index contributed by atoms with van der Waals surface area (Å²) in [6.07, 6.45) is 3.44. The van der Waals surface area contributed by atoms with Gasteiger partial charge in [-0.15, -0.1) is 4.33 Å². The van der Waals surface area contributed by atoms with Crippen molar-refractivity contribution in [2.45, 2.75) is 9.79 Å². The van der Waals surface area contributed by atoms with Crippen LogP contribution in [0, 0.1) is 4.77 Å². The van der Waals surface area contributed by atoms with E-state index in [1.807, 2.05) is 0 Å². The van der Waals surface area contributed by atoms with Crippen LogP contribution in [0.2, 0.25) is 0 Å². The fourth-order valence-corrected chi connectivity index (χ4v) is 4.95. The van der Waals surface area contributed by atoms with E-state index in [0.29, 0.717) is 22.6 Å². The number of thiocarbonyl (C=S) groups is 1. The molecule has 2 aromatic carbocycles. The molecule has 1 fully saturated rings. The molecule has 2 amide bonds. The van der Waals surface area contributed by atoms with Gasteiger partial charge in [-0.05, 0) is 85.1 Å². The number of anilines is 1. The zero-order valence-electron chi connectivity index (χ0n) is 20.1. The van der Waals surface area contributed by atoms with Gasteiger partial charge in [0.05, 0.1) is 28.3 Å². The quantitative estimate of drug-likeness (QED) is 0.0460. The summed E-state index contributed by atoms with van der Waals surface area (Å²) in [7, 11) is -4.46. The largest absolute Gasteiger partial charge is 0.494 e. The van der Waals surface area contributed by atoms with Crippen molar-refractivity contribution in [3.63, 3.8) is 0 Å². The third-order valence-corrected chi connectivity index (χ3v) is 7.43. The highest BCUT2D eigenvalue weighted by Crippen LogP contribution is 2.26. The summed E-state index contributed by atoms with van der Waals surface area (Å²) in [5.41, 5.74) is -0.957. The van der Waals surface area contributed by atoms with Crippen molar-refractivity contribution in [3.8, 4) is 11.6 Å². The van der Waals surface area contributed by atoms with E-state index in [1.54, 1.807) is 0 Å².